The summed E-state index contributed by atoms with van der Waals surface area (Å²) in [4.78, 5) is 26.4. The van der Waals surface area contributed by atoms with Crippen LogP contribution in [0.3, 0.4) is 0 Å². The molecule has 0 radical (unpaired) electrons. The van der Waals surface area contributed by atoms with Crippen LogP contribution in [0.2, 0.25) is 0 Å². The first-order valence-electron chi connectivity index (χ1n) is 8.24. The fourth-order valence-corrected chi connectivity index (χ4v) is 3.38. The van der Waals surface area contributed by atoms with Crippen molar-refractivity contribution >= 4 is 11.9 Å². The van der Waals surface area contributed by atoms with E-state index in [0.29, 0.717) is 36.4 Å². The molecule has 144 valence electrons. The van der Waals surface area contributed by atoms with Crippen LogP contribution in [0.1, 0.15) is 23.2 Å². The lowest BCUT2D eigenvalue weighted by molar-refractivity contribution is -0.155. The Labute approximate surface area is 152 Å². The van der Waals surface area contributed by atoms with Crippen LogP contribution in [-0.2, 0) is 9.53 Å². The number of likely N-dealkylation sites (tertiary alicyclic amines) is 1. The van der Waals surface area contributed by atoms with Gasteiger partial charge in [0.05, 0.1) is 33.5 Å². The molecule has 0 bridgehead atoms. The van der Waals surface area contributed by atoms with Crippen molar-refractivity contribution in [2.24, 2.45) is 5.41 Å². The van der Waals surface area contributed by atoms with Gasteiger partial charge < -0.3 is 29.0 Å². The lowest BCUT2D eigenvalue weighted by Gasteiger charge is -2.39. The van der Waals surface area contributed by atoms with Crippen LogP contribution in [0.4, 0.5) is 0 Å². The Balaban J connectivity index is 2.38. The van der Waals surface area contributed by atoms with Gasteiger partial charge in [-0.3, -0.25) is 9.59 Å². The summed E-state index contributed by atoms with van der Waals surface area (Å²) in [6, 6.07) is 3.22. The molecule has 1 fully saturated rings. The van der Waals surface area contributed by atoms with Gasteiger partial charge >= 0.3 is 5.97 Å². The Bertz CT molecular complexity index is 672. The first kappa shape index (κ1) is 19.8. The molecule has 1 unspecified atom stereocenters. The van der Waals surface area contributed by atoms with E-state index in [1.807, 2.05) is 0 Å². The lowest BCUT2D eigenvalue weighted by atomic mass is 9.80. The van der Waals surface area contributed by atoms with Crippen LogP contribution in [0.5, 0.6) is 17.2 Å². The predicted molar refractivity (Wildman–Crippen MR) is 93.2 cm³/mol. The van der Waals surface area contributed by atoms with Crippen molar-refractivity contribution in [3.8, 4) is 17.2 Å². The quantitative estimate of drug-likeness (QED) is 0.783. The lowest BCUT2D eigenvalue weighted by Crippen LogP contribution is -2.52. The van der Waals surface area contributed by atoms with Crippen molar-refractivity contribution in [1.29, 1.82) is 0 Å². The van der Waals surface area contributed by atoms with Gasteiger partial charge in [-0.1, -0.05) is 0 Å². The van der Waals surface area contributed by atoms with E-state index in [0.717, 1.165) is 0 Å². The summed E-state index contributed by atoms with van der Waals surface area (Å²) in [5.41, 5.74) is -0.810. The van der Waals surface area contributed by atoms with E-state index in [1.165, 1.54) is 33.3 Å². The molecule has 1 heterocycles. The standard InChI is InChI=1S/C18H25NO7/c1-23-11-18(17(21)22)8-5-9-19(10-18)16(20)12-6-7-13(24-2)15(26-4)14(12)25-3/h6-7H,5,8-11H2,1-4H3,(H,21,22). The first-order valence-corrected chi connectivity index (χ1v) is 8.24. The number of methoxy groups -OCH3 is 4. The molecule has 0 aliphatic carbocycles. The van der Waals surface area contributed by atoms with E-state index in [-0.39, 0.29) is 24.8 Å². The van der Waals surface area contributed by atoms with Crippen molar-refractivity contribution in [3.05, 3.63) is 17.7 Å². The Morgan fingerprint density at radius 3 is 2.35 bits per heavy atom. The van der Waals surface area contributed by atoms with Gasteiger partial charge in [-0.25, -0.2) is 0 Å². The Morgan fingerprint density at radius 2 is 1.81 bits per heavy atom. The van der Waals surface area contributed by atoms with Crippen LogP contribution in [0.15, 0.2) is 12.1 Å². The van der Waals surface area contributed by atoms with E-state index in [1.54, 1.807) is 12.1 Å². The second-order valence-corrected chi connectivity index (χ2v) is 6.23. The maximum Gasteiger partial charge on any atom is 0.313 e. The molecule has 8 heteroatoms. The van der Waals surface area contributed by atoms with Crippen molar-refractivity contribution in [2.45, 2.75) is 12.8 Å². The third kappa shape index (κ3) is 3.55. The number of carbonyl (C=O) groups is 2. The fraction of sp³-hybridized carbons (Fsp3) is 0.556. The van der Waals surface area contributed by atoms with Crippen molar-refractivity contribution in [3.63, 3.8) is 0 Å². The molecule has 0 spiro atoms. The highest BCUT2D eigenvalue weighted by atomic mass is 16.5. The zero-order chi connectivity index (χ0) is 19.3. The highest BCUT2D eigenvalue weighted by molar-refractivity contribution is 5.98. The molecule has 1 aliphatic heterocycles. The number of carboxylic acid groups (broad SMARTS) is 1. The smallest absolute Gasteiger partial charge is 0.313 e. The summed E-state index contributed by atoms with van der Waals surface area (Å²) in [5, 5.41) is 9.66. The van der Waals surface area contributed by atoms with E-state index < -0.39 is 11.4 Å². The van der Waals surface area contributed by atoms with Crippen LogP contribution < -0.4 is 14.2 Å². The second kappa shape index (κ2) is 8.27. The average molecular weight is 367 g/mol. The second-order valence-electron chi connectivity index (χ2n) is 6.23. The summed E-state index contributed by atoms with van der Waals surface area (Å²) in [6.07, 6.45) is 1.04. The zero-order valence-corrected chi connectivity index (χ0v) is 15.5. The fourth-order valence-electron chi connectivity index (χ4n) is 3.38. The first-order chi connectivity index (χ1) is 12.4. The largest absolute Gasteiger partial charge is 0.493 e. The molecule has 1 atom stereocenters. The molecule has 1 aromatic carbocycles. The number of amides is 1. The highest BCUT2D eigenvalue weighted by Gasteiger charge is 2.44. The molecular weight excluding hydrogens is 342 g/mol. The van der Waals surface area contributed by atoms with Gasteiger partial charge in [0.1, 0.15) is 5.41 Å². The van der Waals surface area contributed by atoms with Crippen LogP contribution in [-0.4, -0.2) is 70.0 Å². The number of nitrogens with zero attached hydrogens (tertiary/aromatic N) is 1. The molecule has 26 heavy (non-hydrogen) atoms. The normalized spacial score (nSPS) is 19.8. The third-order valence-electron chi connectivity index (χ3n) is 4.67. The van der Waals surface area contributed by atoms with E-state index >= 15 is 0 Å². The van der Waals surface area contributed by atoms with E-state index in [2.05, 4.69) is 0 Å². The van der Waals surface area contributed by atoms with Gasteiger partial charge in [-0.05, 0) is 25.0 Å². The number of rotatable bonds is 7. The maximum atomic E-state index is 13.1. The number of hydrogen-bond donors (Lipinski definition) is 1. The molecule has 0 saturated carbocycles. The minimum absolute atomic E-state index is 0.0508. The molecule has 1 saturated heterocycles. The summed E-state index contributed by atoms with van der Waals surface area (Å²) in [6.45, 7) is 0.594. The number of carbonyl (C=O) groups excluding carboxylic acids is 1. The maximum absolute atomic E-state index is 13.1. The minimum Gasteiger partial charge on any atom is -0.493 e. The SMILES string of the molecule is COCC1(C(=O)O)CCCN(C(=O)c2ccc(OC)c(OC)c2OC)C1. The number of hydrogen-bond acceptors (Lipinski definition) is 6. The van der Waals surface area contributed by atoms with Crippen LogP contribution >= 0.6 is 0 Å². The molecule has 2 rings (SSSR count). The van der Waals surface area contributed by atoms with Gasteiger partial charge in [0, 0.05) is 20.2 Å². The van der Waals surface area contributed by atoms with Crippen LogP contribution in [0, 0.1) is 5.41 Å². The predicted octanol–water partition coefficient (Wildman–Crippen LogP) is 1.67. The molecule has 8 nitrogen and oxygen atoms in total. The zero-order valence-electron chi connectivity index (χ0n) is 15.5. The Kier molecular flexibility index (Phi) is 6.31. The highest BCUT2D eigenvalue weighted by Crippen LogP contribution is 2.41. The Morgan fingerprint density at radius 1 is 1.12 bits per heavy atom. The van der Waals surface area contributed by atoms with Gasteiger partial charge in [-0.15, -0.1) is 0 Å². The molecule has 1 aliphatic rings. The van der Waals surface area contributed by atoms with Crippen molar-refractivity contribution < 1.29 is 33.6 Å². The summed E-state index contributed by atoms with van der Waals surface area (Å²) >= 11 is 0. The van der Waals surface area contributed by atoms with Gasteiger partial charge in [-0.2, -0.15) is 0 Å². The number of piperidine rings is 1. The molecule has 1 amide bonds. The Hall–Kier alpha value is -2.48. The van der Waals surface area contributed by atoms with Gasteiger partial charge in [0.2, 0.25) is 5.75 Å². The number of aliphatic carboxylic acids is 1. The van der Waals surface area contributed by atoms with Crippen molar-refractivity contribution in [1.82, 2.24) is 4.90 Å². The molecular formula is C18H25NO7. The van der Waals surface area contributed by atoms with Gasteiger partial charge in [0.15, 0.2) is 11.5 Å². The third-order valence-corrected chi connectivity index (χ3v) is 4.67. The average Bonchev–Trinajstić information content (AvgIpc) is 2.66. The minimum atomic E-state index is -1.10. The molecule has 1 N–H and O–H groups in total. The molecule has 1 aromatic rings. The number of ether oxygens (including phenoxy) is 4. The summed E-state index contributed by atoms with van der Waals surface area (Å²) < 4.78 is 21.0. The number of carboxylic acids is 1. The summed E-state index contributed by atoms with van der Waals surface area (Å²) in [5.74, 6) is -0.256. The van der Waals surface area contributed by atoms with Gasteiger partial charge in [0.25, 0.3) is 5.91 Å². The topological polar surface area (TPSA) is 94.5 Å². The number of benzene rings is 1. The van der Waals surface area contributed by atoms with E-state index in [4.69, 9.17) is 18.9 Å². The van der Waals surface area contributed by atoms with E-state index in [9.17, 15) is 14.7 Å². The molecule has 0 aromatic heterocycles. The van der Waals surface area contributed by atoms with Crippen LogP contribution in [0.25, 0.3) is 0 Å². The summed E-state index contributed by atoms with van der Waals surface area (Å²) in [7, 11) is 5.86. The van der Waals surface area contributed by atoms with Crippen molar-refractivity contribution in [2.75, 3.05) is 48.1 Å². The monoisotopic (exact) mass is 367 g/mol.